The van der Waals surface area contributed by atoms with Crippen LogP contribution in [0.15, 0.2) is 57.8 Å². The number of oxazole rings is 1. The average molecular weight is 403 g/mol. The molecule has 28 heavy (non-hydrogen) atoms. The van der Waals surface area contributed by atoms with Crippen LogP contribution in [0.25, 0.3) is 11.1 Å². The van der Waals surface area contributed by atoms with E-state index in [1.54, 1.807) is 24.3 Å². The van der Waals surface area contributed by atoms with Gasteiger partial charge in [0.1, 0.15) is 5.52 Å². The minimum Gasteiger partial charge on any atom is -0.423 e. The summed E-state index contributed by atoms with van der Waals surface area (Å²) in [5.74, 6) is -2.85. The quantitative estimate of drug-likeness (QED) is 0.608. The number of anilines is 2. The third-order valence-corrected chi connectivity index (χ3v) is 5.57. The van der Waals surface area contributed by atoms with E-state index < -0.39 is 5.76 Å². The number of fused-ring (bicyclic) bond motifs is 1. The van der Waals surface area contributed by atoms with E-state index in [1.807, 2.05) is 29.2 Å². The van der Waals surface area contributed by atoms with Gasteiger partial charge in [-0.25, -0.2) is 0 Å². The number of hydrogen-bond acceptors (Lipinski definition) is 5. The summed E-state index contributed by atoms with van der Waals surface area (Å²) >= 11 is 0.436. The fourth-order valence-corrected chi connectivity index (χ4v) is 3.93. The normalized spacial score (nSPS) is 15.3. The minimum atomic E-state index is -2.53. The number of nitrogens with zero attached hydrogens (tertiary/aromatic N) is 2. The number of amides is 1. The zero-order chi connectivity index (χ0) is 19.5. The van der Waals surface area contributed by atoms with Crippen molar-refractivity contribution in [3.05, 3.63) is 48.5 Å². The number of halogens is 2. The highest BCUT2D eigenvalue weighted by Gasteiger charge is 2.27. The Kier molecular flexibility index (Phi) is 5.47. The summed E-state index contributed by atoms with van der Waals surface area (Å²) < 4.78 is 31.2. The summed E-state index contributed by atoms with van der Waals surface area (Å²) in [5.41, 5.74) is 1.98. The van der Waals surface area contributed by atoms with Crippen molar-refractivity contribution in [3.8, 4) is 0 Å². The summed E-state index contributed by atoms with van der Waals surface area (Å²) in [7, 11) is 0. The van der Waals surface area contributed by atoms with Gasteiger partial charge in [0.25, 0.3) is 11.8 Å². The fraction of sp³-hybridized carbons (Fsp3) is 0.300. The van der Waals surface area contributed by atoms with Crippen LogP contribution in [0.3, 0.4) is 0 Å². The summed E-state index contributed by atoms with van der Waals surface area (Å²) in [4.78, 5) is 19.5. The molecule has 4 rings (SSSR count). The van der Waals surface area contributed by atoms with Gasteiger partial charge in [0.15, 0.2) is 5.58 Å². The molecule has 3 aromatic rings. The highest BCUT2D eigenvalue weighted by molar-refractivity contribution is 7.99. The summed E-state index contributed by atoms with van der Waals surface area (Å²) in [6, 6.07) is 14.8. The van der Waals surface area contributed by atoms with Gasteiger partial charge < -0.3 is 14.6 Å². The maximum absolute atomic E-state index is 12.7. The summed E-state index contributed by atoms with van der Waals surface area (Å²) in [5, 5.41) is 2.81. The largest absolute Gasteiger partial charge is 0.423 e. The molecule has 1 amide bonds. The molecule has 0 spiro atoms. The van der Waals surface area contributed by atoms with Gasteiger partial charge in [-0.1, -0.05) is 36.0 Å². The van der Waals surface area contributed by atoms with Gasteiger partial charge >= 0.3 is 0 Å². The number of hydrogen-bond donors (Lipinski definition) is 1. The maximum atomic E-state index is 12.7. The van der Waals surface area contributed by atoms with E-state index in [1.165, 1.54) is 0 Å². The van der Waals surface area contributed by atoms with E-state index in [-0.39, 0.29) is 11.8 Å². The monoisotopic (exact) mass is 403 g/mol. The molecule has 8 heteroatoms. The van der Waals surface area contributed by atoms with Crippen LogP contribution >= 0.6 is 11.8 Å². The molecule has 1 aliphatic heterocycles. The first-order valence-electron chi connectivity index (χ1n) is 9.05. The highest BCUT2D eigenvalue weighted by Crippen LogP contribution is 2.33. The van der Waals surface area contributed by atoms with E-state index in [0.29, 0.717) is 54.3 Å². The van der Waals surface area contributed by atoms with Crippen LogP contribution in [0.4, 0.5) is 20.5 Å². The van der Waals surface area contributed by atoms with Crippen molar-refractivity contribution in [2.24, 2.45) is 5.92 Å². The van der Waals surface area contributed by atoms with Crippen molar-refractivity contribution in [2.45, 2.75) is 23.5 Å². The number of benzene rings is 2. The zero-order valence-corrected chi connectivity index (χ0v) is 15.8. The number of alkyl halides is 2. The molecule has 0 radical (unpaired) electrons. The van der Waals surface area contributed by atoms with Crippen LogP contribution in [0.1, 0.15) is 12.8 Å². The van der Waals surface area contributed by atoms with Crippen molar-refractivity contribution in [1.29, 1.82) is 0 Å². The number of aromatic nitrogens is 1. The summed E-state index contributed by atoms with van der Waals surface area (Å²) in [6.45, 7) is 1.30. The Bertz CT molecular complexity index is 938. The Morgan fingerprint density at radius 1 is 1.14 bits per heavy atom. The predicted octanol–water partition coefficient (Wildman–Crippen LogP) is 5.00. The second-order valence-electron chi connectivity index (χ2n) is 6.59. The molecular formula is C20H19F2N3O2S. The Labute approximate surface area is 165 Å². The van der Waals surface area contributed by atoms with E-state index in [4.69, 9.17) is 4.42 Å². The van der Waals surface area contributed by atoms with E-state index >= 15 is 0 Å². The standard InChI is InChI=1S/C20H19F2N3O2S/c21-19(22)28-17-8-4-2-6-15(17)23-18(26)13-9-11-25(12-10-13)20-24-14-5-1-3-7-16(14)27-20/h1-8,13,19H,9-12H2,(H,23,26). The van der Waals surface area contributed by atoms with Crippen molar-refractivity contribution < 1.29 is 18.0 Å². The van der Waals surface area contributed by atoms with Gasteiger partial charge in [-0.15, -0.1) is 0 Å². The SMILES string of the molecule is O=C(Nc1ccccc1SC(F)F)C1CCN(c2nc3ccccc3o2)CC1. The van der Waals surface area contributed by atoms with Crippen LogP contribution in [0, 0.1) is 5.92 Å². The number of para-hydroxylation sites is 3. The number of nitrogens with one attached hydrogen (secondary N) is 1. The highest BCUT2D eigenvalue weighted by atomic mass is 32.2. The first-order valence-corrected chi connectivity index (χ1v) is 9.93. The molecule has 1 fully saturated rings. The Morgan fingerprint density at radius 2 is 1.86 bits per heavy atom. The Morgan fingerprint density at radius 3 is 2.61 bits per heavy atom. The molecular weight excluding hydrogens is 384 g/mol. The van der Waals surface area contributed by atoms with Crippen molar-refractivity contribution in [1.82, 2.24) is 4.98 Å². The number of carbonyl (C=O) groups excluding carboxylic acids is 1. The van der Waals surface area contributed by atoms with Crippen molar-refractivity contribution in [3.63, 3.8) is 0 Å². The van der Waals surface area contributed by atoms with Gasteiger partial charge in [-0.2, -0.15) is 13.8 Å². The second-order valence-corrected chi connectivity index (χ2v) is 7.62. The molecule has 0 atom stereocenters. The molecule has 1 aliphatic rings. The molecule has 0 saturated carbocycles. The van der Waals surface area contributed by atoms with Crippen LogP contribution in [-0.4, -0.2) is 29.7 Å². The number of thioether (sulfide) groups is 1. The number of rotatable bonds is 5. The first-order chi connectivity index (χ1) is 13.6. The predicted molar refractivity (Wildman–Crippen MR) is 106 cm³/mol. The molecule has 2 aromatic carbocycles. The zero-order valence-electron chi connectivity index (χ0n) is 15.0. The van der Waals surface area contributed by atoms with E-state index in [9.17, 15) is 13.6 Å². The van der Waals surface area contributed by atoms with Crippen molar-refractivity contribution in [2.75, 3.05) is 23.3 Å². The lowest BCUT2D eigenvalue weighted by Gasteiger charge is -2.30. The Hall–Kier alpha value is -2.61. The van der Waals surface area contributed by atoms with Crippen molar-refractivity contribution >= 4 is 40.5 Å². The minimum absolute atomic E-state index is 0.139. The topological polar surface area (TPSA) is 58.4 Å². The third kappa shape index (κ3) is 4.11. The fourth-order valence-electron chi connectivity index (χ4n) is 3.33. The van der Waals surface area contributed by atoms with Gasteiger partial charge in [-0.3, -0.25) is 4.79 Å². The van der Waals surface area contributed by atoms with Crippen LogP contribution in [0.2, 0.25) is 0 Å². The molecule has 2 heterocycles. The van der Waals surface area contributed by atoms with Crippen LogP contribution in [0.5, 0.6) is 0 Å². The lowest BCUT2D eigenvalue weighted by Crippen LogP contribution is -2.38. The van der Waals surface area contributed by atoms with Gasteiger partial charge in [0.2, 0.25) is 5.91 Å². The molecule has 0 unspecified atom stereocenters. The first kappa shape index (κ1) is 18.7. The average Bonchev–Trinajstić information content (AvgIpc) is 3.13. The van der Waals surface area contributed by atoms with Gasteiger partial charge in [-0.05, 0) is 37.1 Å². The lowest BCUT2D eigenvalue weighted by atomic mass is 9.96. The second kappa shape index (κ2) is 8.18. The number of carbonyl (C=O) groups is 1. The smallest absolute Gasteiger partial charge is 0.298 e. The van der Waals surface area contributed by atoms with Gasteiger partial charge in [0, 0.05) is 23.9 Å². The molecule has 1 N–H and O–H groups in total. The maximum Gasteiger partial charge on any atom is 0.298 e. The number of piperidine rings is 1. The molecule has 146 valence electrons. The van der Waals surface area contributed by atoms with Crippen LogP contribution < -0.4 is 10.2 Å². The molecule has 0 aliphatic carbocycles. The lowest BCUT2D eigenvalue weighted by molar-refractivity contribution is -0.120. The molecule has 1 aromatic heterocycles. The summed E-state index contributed by atoms with van der Waals surface area (Å²) in [6.07, 6.45) is 1.30. The van der Waals surface area contributed by atoms with E-state index in [2.05, 4.69) is 10.3 Å². The molecule has 0 bridgehead atoms. The third-order valence-electron chi connectivity index (χ3n) is 4.78. The Balaban J connectivity index is 1.38. The van der Waals surface area contributed by atoms with Gasteiger partial charge in [0.05, 0.1) is 5.69 Å². The van der Waals surface area contributed by atoms with Crippen LogP contribution in [-0.2, 0) is 4.79 Å². The molecule has 5 nitrogen and oxygen atoms in total. The molecule has 1 saturated heterocycles. The van der Waals surface area contributed by atoms with E-state index in [0.717, 1.165) is 11.1 Å².